The summed E-state index contributed by atoms with van der Waals surface area (Å²) in [6.07, 6.45) is 0.221. The van der Waals surface area contributed by atoms with Crippen LogP contribution in [-0.4, -0.2) is 48.1 Å². The van der Waals surface area contributed by atoms with Gasteiger partial charge in [-0.1, -0.05) is 13.8 Å². The van der Waals surface area contributed by atoms with Crippen LogP contribution in [0.5, 0.6) is 0 Å². The zero-order chi connectivity index (χ0) is 15.1. The normalized spacial score (nSPS) is 10.9. The highest BCUT2D eigenvalue weighted by Gasteiger charge is 2.26. The van der Waals surface area contributed by atoms with Gasteiger partial charge in [-0.25, -0.2) is 0 Å². The molecule has 0 saturated heterocycles. The lowest BCUT2D eigenvalue weighted by molar-refractivity contribution is -0.144. The smallest absolute Gasteiger partial charge is 0.307 e. The molecule has 6 nitrogen and oxygen atoms in total. The fraction of sp³-hybridized carbons (Fsp3) is 0.769. The minimum atomic E-state index is -0.924. The van der Waals surface area contributed by atoms with Gasteiger partial charge in [-0.15, -0.1) is 0 Å². The summed E-state index contributed by atoms with van der Waals surface area (Å²) in [5.74, 6) is -1.44. The van der Waals surface area contributed by atoms with Crippen molar-refractivity contribution < 1.29 is 24.2 Å². The van der Waals surface area contributed by atoms with Crippen molar-refractivity contribution in [1.29, 1.82) is 0 Å². The summed E-state index contributed by atoms with van der Waals surface area (Å²) in [4.78, 5) is 35.2. The Hall–Kier alpha value is -1.59. The maximum absolute atomic E-state index is 11.9. The van der Waals surface area contributed by atoms with E-state index in [1.54, 1.807) is 27.8 Å². The molecule has 0 heterocycles. The van der Waals surface area contributed by atoms with Gasteiger partial charge in [-0.3, -0.25) is 14.4 Å². The Morgan fingerprint density at radius 2 is 1.79 bits per heavy atom. The summed E-state index contributed by atoms with van der Waals surface area (Å²) in [7, 11) is 1.60. The van der Waals surface area contributed by atoms with E-state index in [1.807, 2.05) is 0 Å². The number of carbonyl (C=O) groups is 3. The molecule has 0 saturated carbocycles. The number of hydrogen-bond donors (Lipinski definition) is 1. The molecule has 6 heteroatoms. The van der Waals surface area contributed by atoms with Crippen LogP contribution >= 0.6 is 0 Å². The molecule has 1 amide bonds. The second kappa shape index (κ2) is 7.76. The first-order chi connectivity index (χ1) is 8.68. The molecule has 0 spiro atoms. The van der Waals surface area contributed by atoms with Crippen molar-refractivity contribution in [3.05, 3.63) is 0 Å². The first-order valence-corrected chi connectivity index (χ1v) is 6.29. The number of carboxylic acid groups (broad SMARTS) is 1. The number of rotatable bonds is 8. The number of nitrogens with zero attached hydrogens (tertiary/aromatic N) is 1. The molecular formula is C13H23NO5. The molecule has 1 N–H and O–H groups in total. The van der Waals surface area contributed by atoms with Crippen LogP contribution in [0, 0.1) is 5.41 Å². The summed E-state index contributed by atoms with van der Waals surface area (Å²) in [5, 5.41) is 8.75. The Morgan fingerprint density at radius 1 is 1.21 bits per heavy atom. The molecular weight excluding hydrogens is 250 g/mol. The molecule has 0 aromatic carbocycles. The lowest BCUT2D eigenvalue weighted by Crippen LogP contribution is -2.33. The van der Waals surface area contributed by atoms with Crippen molar-refractivity contribution in [2.75, 3.05) is 20.2 Å². The molecule has 0 rings (SSSR count). The minimum Gasteiger partial charge on any atom is -0.481 e. The van der Waals surface area contributed by atoms with E-state index in [1.165, 1.54) is 4.90 Å². The third kappa shape index (κ3) is 8.18. The molecule has 0 atom stereocenters. The average molecular weight is 273 g/mol. The number of ether oxygens (including phenoxy) is 1. The van der Waals surface area contributed by atoms with Crippen molar-refractivity contribution in [3.63, 3.8) is 0 Å². The van der Waals surface area contributed by atoms with E-state index in [0.29, 0.717) is 6.61 Å². The summed E-state index contributed by atoms with van der Waals surface area (Å²) >= 11 is 0. The molecule has 110 valence electrons. The second-order valence-electron chi connectivity index (χ2n) is 5.28. The van der Waals surface area contributed by atoms with Crippen LogP contribution < -0.4 is 0 Å². The number of esters is 1. The van der Waals surface area contributed by atoms with Gasteiger partial charge in [0, 0.05) is 20.0 Å². The fourth-order valence-corrected chi connectivity index (χ4v) is 1.63. The Bertz CT molecular complexity index is 338. The highest BCUT2D eigenvalue weighted by atomic mass is 16.5. The van der Waals surface area contributed by atoms with Crippen LogP contribution in [0.25, 0.3) is 0 Å². The van der Waals surface area contributed by atoms with Gasteiger partial charge in [-0.2, -0.15) is 0 Å². The quantitative estimate of drug-likeness (QED) is 0.674. The molecule has 0 aliphatic carbocycles. The molecule has 19 heavy (non-hydrogen) atoms. The van der Waals surface area contributed by atoms with E-state index >= 15 is 0 Å². The molecule has 0 aromatic heterocycles. The third-order valence-electron chi connectivity index (χ3n) is 2.64. The zero-order valence-electron chi connectivity index (χ0n) is 12.1. The van der Waals surface area contributed by atoms with Gasteiger partial charge < -0.3 is 14.7 Å². The predicted molar refractivity (Wildman–Crippen MR) is 69.5 cm³/mol. The standard InChI is InChI=1S/C13H23NO5/c1-5-19-12(18)6-7-14(4)10(15)8-13(2,3)9-11(16)17/h5-9H2,1-4H3,(H,16,17). The zero-order valence-corrected chi connectivity index (χ0v) is 12.1. The number of carboxylic acids is 1. The van der Waals surface area contributed by atoms with Crippen molar-refractivity contribution in [3.8, 4) is 0 Å². The van der Waals surface area contributed by atoms with Crippen LogP contribution in [0.15, 0.2) is 0 Å². The van der Waals surface area contributed by atoms with E-state index in [-0.39, 0.29) is 37.7 Å². The fourth-order valence-electron chi connectivity index (χ4n) is 1.63. The number of amides is 1. The average Bonchev–Trinajstić information content (AvgIpc) is 2.23. The Balaban J connectivity index is 4.19. The molecule has 0 aromatic rings. The second-order valence-corrected chi connectivity index (χ2v) is 5.28. The summed E-state index contributed by atoms with van der Waals surface area (Å²) in [6, 6.07) is 0. The van der Waals surface area contributed by atoms with Crippen LogP contribution in [0.2, 0.25) is 0 Å². The van der Waals surface area contributed by atoms with Crippen molar-refractivity contribution in [2.24, 2.45) is 5.41 Å². The van der Waals surface area contributed by atoms with Crippen LogP contribution in [0.4, 0.5) is 0 Å². The van der Waals surface area contributed by atoms with E-state index < -0.39 is 11.4 Å². The molecule has 0 radical (unpaired) electrons. The summed E-state index contributed by atoms with van der Waals surface area (Å²) in [5.41, 5.74) is -0.596. The van der Waals surface area contributed by atoms with Crippen LogP contribution in [0.3, 0.4) is 0 Å². The van der Waals surface area contributed by atoms with Gasteiger partial charge in [0.25, 0.3) is 0 Å². The first kappa shape index (κ1) is 17.4. The molecule has 0 bridgehead atoms. The SMILES string of the molecule is CCOC(=O)CCN(C)C(=O)CC(C)(C)CC(=O)O. The van der Waals surface area contributed by atoms with Gasteiger partial charge in [0.05, 0.1) is 19.4 Å². The van der Waals surface area contributed by atoms with Gasteiger partial charge in [0.2, 0.25) is 5.91 Å². The van der Waals surface area contributed by atoms with Gasteiger partial charge in [0.1, 0.15) is 0 Å². The molecule has 0 unspecified atom stereocenters. The summed E-state index contributed by atoms with van der Waals surface area (Å²) in [6.45, 7) is 5.79. The van der Waals surface area contributed by atoms with E-state index in [9.17, 15) is 14.4 Å². The summed E-state index contributed by atoms with van der Waals surface area (Å²) < 4.78 is 4.77. The van der Waals surface area contributed by atoms with E-state index in [2.05, 4.69) is 0 Å². The monoisotopic (exact) mass is 273 g/mol. The predicted octanol–water partition coefficient (Wildman–Crippen LogP) is 1.29. The number of hydrogen-bond acceptors (Lipinski definition) is 4. The van der Waals surface area contributed by atoms with E-state index in [0.717, 1.165) is 0 Å². The van der Waals surface area contributed by atoms with Crippen LogP contribution in [0.1, 0.15) is 40.0 Å². The van der Waals surface area contributed by atoms with Gasteiger partial charge in [0.15, 0.2) is 0 Å². The van der Waals surface area contributed by atoms with Gasteiger partial charge >= 0.3 is 11.9 Å². The van der Waals surface area contributed by atoms with Crippen molar-refractivity contribution in [1.82, 2.24) is 4.90 Å². The molecule has 0 aliphatic rings. The Morgan fingerprint density at radius 3 is 2.26 bits per heavy atom. The Labute approximate surface area is 113 Å². The highest BCUT2D eigenvalue weighted by Crippen LogP contribution is 2.25. The topological polar surface area (TPSA) is 83.9 Å². The molecule has 0 aliphatic heterocycles. The maximum Gasteiger partial charge on any atom is 0.307 e. The minimum absolute atomic E-state index is 0.0650. The van der Waals surface area contributed by atoms with E-state index in [4.69, 9.17) is 9.84 Å². The van der Waals surface area contributed by atoms with Crippen LogP contribution in [-0.2, 0) is 19.1 Å². The van der Waals surface area contributed by atoms with Crippen molar-refractivity contribution >= 4 is 17.8 Å². The lowest BCUT2D eigenvalue weighted by atomic mass is 9.85. The van der Waals surface area contributed by atoms with Crippen molar-refractivity contribution in [2.45, 2.75) is 40.0 Å². The molecule has 0 fully saturated rings. The largest absolute Gasteiger partial charge is 0.481 e. The van der Waals surface area contributed by atoms with Gasteiger partial charge in [-0.05, 0) is 12.3 Å². The Kier molecular flexibility index (Phi) is 7.11. The number of carbonyl (C=O) groups excluding carboxylic acids is 2. The highest BCUT2D eigenvalue weighted by molar-refractivity contribution is 5.78. The number of aliphatic carboxylic acids is 1. The first-order valence-electron chi connectivity index (χ1n) is 6.29. The maximum atomic E-state index is 11.9. The lowest BCUT2D eigenvalue weighted by Gasteiger charge is -2.25. The third-order valence-corrected chi connectivity index (χ3v) is 2.64.